The minimum Gasteiger partial charge on any atom is -0.394 e. The normalized spacial score (nSPS) is 29.6. The molecule has 2 rings (SSSR count). The van der Waals surface area contributed by atoms with Crippen LogP contribution in [0.4, 0.5) is 5.95 Å². The van der Waals surface area contributed by atoms with E-state index in [0.717, 1.165) is 11.0 Å². The molecule has 0 aliphatic carbocycles. The lowest BCUT2D eigenvalue weighted by molar-refractivity contribution is -0.0554. The van der Waals surface area contributed by atoms with Gasteiger partial charge in [0.15, 0.2) is 6.23 Å². The highest BCUT2D eigenvalue weighted by Crippen LogP contribution is 2.27. The Hall–Kier alpha value is -1.55. The SMILES string of the molecule is CCCNc1ncn([C@@H]2O[C@H](CO)[C@@H](O)[C@H]2O)c(=O)n1. The molecule has 0 amide bonds. The predicted octanol–water partition coefficient (Wildman–Crippen LogP) is -1.93. The molecular formula is C11H18N4O5. The zero-order valence-electron chi connectivity index (χ0n) is 11.0. The molecule has 9 heteroatoms. The van der Waals surface area contributed by atoms with Crippen molar-refractivity contribution in [3.8, 4) is 0 Å². The fourth-order valence-electron chi connectivity index (χ4n) is 1.95. The van der Waals surface area contributed by atoms with Crippen molar-refractivity contribution in [3.63, 3.8) is 0 Å². The van der Waals surface area contributed by atoms with Gasteiger partial charge in [0.05, 0.1) is 6.61 Å². The molecule has 1 fully saturated rings. The third-order valence-corrected chi connectivity index (χ3v) is 3.05. The minimum atomic E-state index is -1.33. The first-order valence-corrected chi connectivity index (χ1v) is 6.40. The van der Waals surface area contributed by atoms with Crippen molar-refractivity contribution >= 4 is 5.95 Å². The van der Waals surface area contributed by atoms with Gasteiger partial charge >= 0.3 is 5.69 Å². The van der Waals surface area contributed by atoms with E-state index in [1.807, 2.05) is 6.92 Å². The smallest absolute Gasteiger partial charge is 0.354 e. The van der Waals surface area contributed by atoms with Crippen molar-refractivity contribution < 1.29 is 20.1 Å². The Balaban J connectivity index is 2.19. The van der Waals surface area contributed by atoms with Gasteiger partial charge in [-0.25, -0.2) is 9.78 Å². The van der Waals surface area contributed by atoms with Crippen molar-refractivity contribution in [1.82, 2.24) is 14.5 Å². The van der Waals surface area contributed by atoms with Crippen LogP contribution < -0.4 is 11.0 Å². The van der Waals surface area contributed by atoms with E-state index in [1.165, 1.54) is 6.33 Å². The Morgan fingerprint density at radius 1 is 1.45 bits per heavy atom. The van der Waals surface area contributed by atoms with Gasteiger partial charge in [0, 0.05) is 6.54 Å². The molecule has 2 heterocycles. The van der Waals surface area contributed by atoms with Crippen molar-refractivity contribution in [3.05, 3.63) is 16.8 Å². The van der Waals surface area contributed by atoms with Gasteiger partial charge in [0.1, 0.15) is 24.6 Å². The number of rotatable bonds is 5. The summed E-state index contributed by atoms with van der Waals surface area (Å²) in [7, 11) is 0. The fourth-order valence-corrected chi connectivity index (χ4v) is 1.95. The molecule has 1 saturated heterocycles. The summed E-state index contributed by atoms with van der Waals surface area (Å²) in [5, 5.41) is 31.3. The van der Waals surface area contributed by atoms with Crippen LogP contribution in [0.5, 0.6) is 0 Å². The second-order valence-corrected chi connectivity index (χ2v) is 4.53. The number of anilines is 1. The van der Waals surface area contributed by atoms with Crippen LogP contribution in [0.2, 0.25) is 0 Å². The number of aliphatic hydroxyl groups is 3. The molecule has 0 spiro atoms. The summed E-state index contributed by atoms with van der Waals surface area (Å²) in [6.45, 7) is 2.14. The third-order valence-electron chi connectivity index (χ3n) is 3.05. The zero-order chi connectivity index (χ0) is 14.7. The van der Waals surface area contributed by atoms with Gasteiger partial charge < -0.3 is 25.4 Å². The lowest BCUT2D eigenvalue weighted by Gasteiger charge is -2.16. The first-order valence-electron chi connectivity index (χ1n) is 6.40. The molecule has 0 radical (unpaired) electrons. The van der Waals surface area contributed by atoms with Gasteiger partial charge in [-0.15, -0.1) is 0 Å². The second kappa shape index (κ2) is 6.27. The number of hydrogen-bond acceptors (Lipinski definition) is 8. The molecule has 1 aliphatic heterocycles. The molecule has 4 atom stereocenters. The summed E-state index contributed by atoms with van der Waals surface area (Å²) in [6, 6.07) is 0. The van der Waals surface area contributed by atoms with Crippen LogP contribution in [-0.2, 0) is 4.74 Å². The molecule has 0 bridgehead atoms. The molecule has 1 aliphatic rings. The highest BCUT2D eigenvalue weighted by atomic mass is 16.6. The summed E-state index contributed by atoms with van der Waals surface area (Å²) in [6.07, 6.45) is -2.61. The Morgan fingerprint density at radius 2 is 2.20 bits per heavy atom. The molecule has 0 aromatic carbocycles. The molecule has 9 nitrogen and oxygen atoms in total. The van der Waals surface area contributed by atoms with Gasteiger partial charge in [-0.2, -0.15) is 4.98 Å². The van der Waals surface area contributed by atoms with E-state index in [2.05, 4.69) is 15.3 Å². The Morgan fingerprint density at radius 3 is 2.75 bits per heavy atom. The molecule has 1 aromatic heterocycles. The summed E-state index contributed by atoms with van der Waals surface area (Å²) in [4.78, 5) is 19.5. The lowest BCUT2D eigenvalue weighted by atomic mass is 10.1. The van der Waals surface area contributed by atoms with E-state index < -0.39 is 36.8 Å². The van der Waals surface area contributed by atoms with Crippen molar-refractivity contribution in [1.29, 1.82) is 0 Å². The van der Waals surface area contributed by atoms with Gasteiger partial charge in [-0.1, -0.05) is 6.92 Å². The molecular weight excluding hydrogens is 268 g/mol. The topological polar surface area (TPSA) is 130 Å². The van der Waals surface area contributed by atoms with Crippen LogP contribution in [0.1, 0.15) is 19.6 Å². The summed E-state index contributed by atoms with van der Waals surface area (Å²) < 4.78 is 6.22. The molecule has 0 unspecified atom stereocenters. The van der Waals surface area contributed by atoms with E-state index >= 15 is 0 Å². The first-order chi connectivity index (χ1) is 9.58. The molecule has 1 aromatic rings. The van der Waals surface area contributed by atoms with E-state index in [-0.39, 0.29) is 5.95 Å². The second-order valence-electron chi connectivity index (χ2n) is 4.53. The number of hydrogen-bond donors (Lipinski definition) is 4. The average Bonchev–Trinajstić information content (AvgIpc) is 2.73. The average molecular weight is 286 g/mol. The van der Waals surface area contributed by atoms with Gasteiger partial charge in [-0.3, -0.25) is 4.57 Å². The molecule has 112 valence electrons. The van der Waals surface area contributed by atoms with Crippen LogP contribution in [0.15, 0.2) is 11.1 Å². The largest absolute Gasteiger partial charge is 0.394 e. The Bertz CT molecular complexity index is 508. The highest BCUT2D eigenvalue weighted by molar-refractivity contribution is 5.20. The van der Waals surface area contributed by atoms with Crippen LogP contribution in [0, 0.1) is 0 Å². The minimum absolute atomic E-state index is 0.194. The van der Waals surface area contributed by atoms with E-state index in [4.69, 9.17) is 9.84 Å². The van der Waals surface area contributed by atoms with Crippen LogP contribution >= 0.6 is 0 Å². The van der Waals surface area contributed by atoms with E-state index in [0.29, 0.717) is 6.54 Å². The van der Waals surface area contributed by atoms with E-state index in [9.17, 15) is 15.0 Å². The quantitative estimate of drug-likeness (QED) is 0.492. The maximum atomic E-state index is 11.9. The first kappa shape index (κ1) is 14.9. The van der Waals surface area contributed by atoms with Crippen LogP contribution in [-0.4, -0.2) is 61.3 Å². The van der Waals surface area contributed by atoms with E-state index in [1.54, 1.807) is 0 Å². The monoisotopic (exact) mass is 286 g/mol. The number of ether oxygens (including phenoxy) is 1. The predicted molar refractivity (Wildman–Crippen MR) is 68.1 cm³/mol. The van der Waals surface area contributed by atoms with Crippen molar-refractivity contribution in [2.24, 2.45) is 0 Å². The Labute approximate surface area is 114 Å². The standard InChI is InChI=1S/C11H18N4O5/c1-2-3-12-10-13-5-15(11(19)14-10)9-8(18)7(17)6(4-16)20-9/h5-9,16-18H,2-4H2,1H3,(H,12,14,19)/t6-,7-,8-,9-/m1/s1. The fraction of sp³-hybridized carbons (Fsp3) is 0.727. The Kier molecular flexibility index (Phi) is 4.65. The van der Waals surface area contributed by atoms with Gasteiger partial charge in [0.25, 0.3) is 0 Å². The molecule has 0 saturated carbocycles. The number of aliphatic hydroxyl groups excluding tert-OH is 3. The lowest BCUT2D eigenvalue weighted by Crippen LogP contribution is -2.36. The summed E-state index contributed by atoms with van der Waals surface area (Å²) in [5.74, 6) is 0.194. The highest BCUT2D eigenvalue weighted by Gasteiger charge is 2.43. The van der Waals surface area contributed by atoms with Gasteiger partial charge in [-0.05, 0) is 6.42 Å². The summed E-state index contributed by atoms with van der Waals surface area (Å²) in [5.41, 5.74) is -0.659. The third kappa shape index (κ3) is 2.80. The molecule has 4 N–H and O–H groups in total. The van der Waals surface area contributed by atoms with Crippen molar-refractivity contribution in [2.75, 3.05) is 18.5 Å². The van der Waals surface area contributed by atoms with Gasteiger partial charge in [0.2, 0.25) is 5.95 Å². The number of nitrogens with one attached hydrogen (secondary N) is 1. The molecule has 20 heavy (non-hydrogen) atoms. The number of nitrogens with zero attached hydrogens (tertiary/aromatic N) is 3. The van der Waals surface area contributed by atoms with Crippen LogP contribution in [0.25, 0.3) is 0 Å². The summed E-state index contributed by atoms with van der Waals surface area (Å²) >= 11 is 0. The van der Waals surface area contributed by atoms with Crippen molar-refractivity contribution in [2.45, 2.75) is 37.9 Å². The maximum absolute atomic E-state index is 11.9. The zero-order valence-corrected chi connectivity index (χ0v) is 11.0. The number of aromatic nitrogens is 3. The van der Waals surface area contributed by atoms with Crippen LogP contribution in [0.3, 0.4) is 0 Å². The maximum Gasteiger partial charge on any atom is 0.354 e.